The van der Waals surface area contributed by atoms with Gasteiger partial charge in [-0.25, -0.2) is 4.98 Å². The Balaban J connectivity index is 1.99. The van der Waals surface area contributed by atoms with Crippen LogP contribution in [0.2, 0.25) is 0 Å². The molecule has 0 aliphatic carbocycles. The standard InChI is InChI=1S/C21H12N4/c1-2-12-4-7-16-19(20(12)22-9-1)18-13(10-23-16)3-5-15-14(18)6-8-17-21(15)25-11-24-17/h1-11H,(H,24,25). The van der Waals surface area contributed by atoms with Crippen LogP contribution in [-0.4, -0.2) is 19.9 Å². The summed E-state index contributed by atoms with van der Waals surface area (Å²) in [4.78, 5) is 17.0. The predicted octanol–water partition coefficient (Wildman–Crippen LogP) is 4.97. The predicted molar refractivity (Wildman–Crippen MR) is 102 cm³/mol. The molecule has 3 aromatic heterocycles. The molecule has 0 saturated carbocycles. The number of aromatic amines is 1. The average Bonchev–Trinajstić information content (AvgIpc) is 3.16. The van der Waals surface area contributed by atoms with Crippen molar-refractivity contribution in [2.24, 2.45) is 0 Å². The first-order valence-corrected chi connectivity index (χ1v) is 8.21. The fourth-order valence-corrected chi connectivity index (χ4v) is 3.84. The molecule has 0 atom stereocenters. The fraction of sp³-hybridized carbons (Fsp3) is 0. The average molecular weight is 320 g/mol. The Bertz CT molecular complexity index is 1440. The highest BCUT2D eigenvalue weighted by atomic mass is 14.9. The second-order valence-corrected chi connectivity index (χ2v) is 6.28. The number of pyridine rings is 2. The molecular weight excluding hydrogens is 308 g/mol. The van der Waals surface area contributed by atoms with Gasteiger partial charge in [0.2, 0.25) is 0 Å². The Morgan fingerprint density at radius 2 is 1.60 bits per heavy atom. The van der Waals surface area contributed by atoms with Crippen LogP contribution in [-0.2, 0) is 0 Å². The molecule has 6 aromatic rings. The molecule has 0 aliphatic heterocycles. The molecule has 4 heteroatoms. The van der Waals surface area contributed by atoms with Gasteiger partial charge in [0.1, 0.15) is 0 Å². The molecule has 6 rings (SSSR count). The van der Waals surface area contributed by atoms with E-state index in [2.05, 4.69) is 62.4 Å². The van der Waals surface area contributed by atoms with Crippen molar-refractivity contribution >= 4 is 54.4 Å². The summed E-state index contributed by atoms with van der Waals surface area (Å²) in [5.74, 6) is 0. The Labute approximate surface area is 142 Å². The van der Waals surface area contributed by atoms with E-state index in [0.29, 0.717) is 0 Å². The smallest absolute Gasteiger partial charge is 0.0961 e. The van der Waals surface area contributed by atoms with Crippen LogP contribution in [0.25, 0.3) is 54.4 Å². The first-order valence-electron chi connectivity index (χ1n) is 8.21. The molecule has 1 N–H and O–H groups in total. The van der Waals surface area contributed by atoms with E-state index < -0.39 is 0 Å². The van der Waals surface area contributed by atoms with Crippen molar-refractivity contribution in [1.29, 1.82) is 0 Å². The number of fused-ring (bicyclic) bond motifs is 9. The summed E-state index contributed by atoms with van der Waals surface area (Å²) in [6.07, 6.45) is 5.54. The van der Waals surface area contributed by atoms with Crippen molar-refractivity contribution in [3.05, 3.63) is 67.3 Å². The summed E-state index contributed by atoms with van der Waals surface area (Å²) in [6, 6.07) is 16.7. The molecule has 0 unspecified atom stereocenters. The van der Waals surface area contributed by atoms with Gasteiger partial charge in [-0.15, -0.1) is 0 Å². The maximum Gasteiger partial charge on any atom is 0.0961 e. The summed E-state index contributed by atoms with van der Waals surface area (Å²) < 4.78 is 0. The maximum absolute atomic E-state index is 4.66. The number of imidazole rings is 1. The summed E-state index contributed by atoms with van der Waals surface area (Å²) in [7, 11) is 0. The third-order valence-corrected chi connectivity index (χ3v) is 4.96. The minimum absolute atomic E-state index is 0.966. The summed E-state index contributed by atoms with van der Waals surface area (Å²) in [5.41, 5.74) is 4.01. The minimum Gasteiger partial charge on any atom is -0.345 e. The lowest BCUT2D eigenvalue weighted by Crippen LogP contribution is -1.88. The first kappa shape index (κ1) is 12.8. The summed E-state index contributed by atoms with van der Waals surface area (Å²) in [6.45, 7) is 0. The van der Waals surface area contributed by atoms with Crippen LogP contribution in [0.5, 0.6) is 0 Å². The first-order chi connectivity index (χ1) is 12.4. The van der Waals surface area contributed by atoms with Gasteiger partial charge in [-0.3, -0.25) is 9.97 Å². The zero-order valence-corrected chi connectivity index (χ0v) is 13.2. The number of nitrogens with zero attached hydrogens (tertiary/aromatic N) is 3. The third kappa shape index (κ3) is 1.63. The molecule has 0 saturated heterocycles. The van der Waals surface area contributed by atoms with E-state index in [1.54, 1.807) is 6.33 Å². The lowest BCUT2D eigenvalue weighted by Gasteiger charge is -2.10. The number of rotatable bonds is 0. The molecular formula is C21H12N4. The zero-order valence-electron chi connectivity index (χ0n) is 13.2. The quantitative estimate of drug-likeness (QED) is 0.402. The number of H-pyrrole nitrogens is 1. The van der Waals surface area contributed by atoms with Crippen molar-refractivity contribution < 1.29 is 0 Å². The number of aromatic nitrogens is 4. The molecule has 0 amide bonds. The number of hydrogen-bond acceptors (Lipinski definition) is 3. The van der Waals surface area contributed by atoms with Crippen molar-refractivity contribution in [2.75, 3.05) is 0 Å². The van der Waals surface area contributed by atoms with Crippen LogP contribution >= 0.6 is 0 Å². The van der Waals surface area contributed by atoms with Gasteiger partial charge in [0, 0.05) is 39.3 Å². The van der Waals surface area contributed by atoms with Crippen LogP contribution in [0.1, 0.15) is 0 Å². The van der Waals surface area contributed by atoms with Gasteiger partial charge < -0.3 is 4.98 Å². The van der Waals surface area contributed by atoms with E-state index in [0.717, 1.165) is 43.6 Å². The fourth-order valence-electron chi connectivity index (χ4n) is 3.84. The van der Waals surface area contributed by atoms with Crippen molar-refractivity contribution in [2.45, 2.75) is 0 Å². The normalized spacial score (nSPS) is 12.0. The topological polar surface area (TPSA) is 54.5 Å². The van der Waals surface area contributed by atoms with Gasteiger partial charge in [-0.1, -0.05) is 30.3 Å². The molecule has 116 valence electrons. The highest BCUT2D eigenvalue weighted by Crippen LogP contribution is 2.36. The summed E-state index contributed by atoms with van der Waals surface area (Å²) in [5, 5.41) is 6.87. The SMILES string of the molecule is c1cnc2c(c1)ccc1ncc3ccc4c(ccc5[nH]cnc54)c3c12. The maximum atomic E-state index is 4.66. The molecule has 4 nitrogen and oxygen atoms in total. The molecule has 0 bridgehead atoms. The Morgan fingerprint density at radius 1 is 0.680 bits per heavy atom. The highest BCUT2D eigenvalue weighted by molar-refractivity contribution is 6.27. The molecule has 3 aromatic carbocycles. The molecule has 0 spiro atoms. The highest BCUT2D eigenvalue weighted by Gasteiger charge is 2.12. The van der Waals surface area contributed by atoms with Gasteiger partial charge in [0.05, 0.1) is 28.4 Å². The Hall–Kier alpha value is -3.53. The molecule has 3 heterocycles. The zero-order chi connectivity index (χ0) is 16.4. The van der Waals surface area contributed by atoms with E-state index in [4.69, 9.17) is 0 Å². The van der Waals surface area contributed by atoms with Crippen LogP contribution in [0, 0.1) is 0 Å². The van der Waals surface area contributed by atoms with E-state index in [9.17, 15) is 0 Å². The van der Waals surface area contributed by atoms with Crippen LogP contribution < -0.4 is 0 Å². The van der Waals surface area contributed by atoms with E-state index in [1.165, 1.54) is 10.8 Å². The number of hydrogen-bond donors (Lipinski definition) is 1. The molecule has 0 aliphatic rings. The molecule has 25 heavy (non-hydrogen) atoms. The van der Waals surface area contributed by atoms with E-state index in [1.807, 2.05) is 18.5 Å². The molecule has 0 fully saturated rings. The second kappa shape index (κ2) is 4.51. The van der Waals surface area contributed by atoms with Crippen molar-refractivity contribution in [3.63, 3.8) is 0 Å². The van der Waals surface area contributed by atoms with Gasteiger partial charge >= 0.3 is 0 Å². The second-order valence-electron chi connectivity index (χ2n) is 6.28. The van der Waals surface area contributed by atoms with Gasteiger partial charge in [-0.05, 0) is 23.6 Å². The molecule has 0 radical (unpaired) electrons. The largest absolute Gasteiger partial charge is 0.345 e. The van der Waals surface area contributed by atoms with Crippen LogP contribution in [0.4, 0.5) is 0 Å². The van der Waals surface area contributed by atoms with E-state index in [-0.39, 0.29) is 0 Å². The van der Waals surface area contributed by atoms with Crippen molar-refractivity contribution in [3.8, 4) is 0 Å². The van der Waals surface area contributed by atoms with Crippen molar-refractivity contribution in [1.82, 2.24) is 19.9 Å². The Kier molecular flexibility index (Phi) is 2.32. The lowest BCUT2D eigenvalue weighted by atomic mass is 9.97. The lowest BCUT2D eigenvalue weighted by molar-refractivity contribution is 1.35. The monoisotopic (exact) mass is 320 g/mol. The van der Waals surface area contributed by atoms with Gasteiger partial charge in [0.25, 0.3) is 0 Å². The Morgan fingerprint density at radius 3 is 2.60 bits per heavy atom. The number of benzene rings is 3. The minimum atomic E-state index is 0.966. The van der Waals surface area contributed by atoms with Crippen LogP contribution in [0.15, 0.2) is 67.3 Å². The summed E-state index contributed by atoms with van der Waals surface area (Å²) >= 11 is 0. The van der Waals surface area contributed by atoms with Gasteiger partial charge in [0.15, 0.2) is 0 Å². The third-order valence-electron chi connectivity index (χ3n) is 4.96. The van der Waals surface area contributed by atoms with E-state index >= 15 is 0 Å². The van der Waals surface area contributed by atoms with Gasteiger partial charge in [-0.2, -0.15) is 0 Å². The number of nitrogens with one attached hydrogen (secondary N) is 1. The van der Waals surface area contributed by atoms with Crippen LogP contribution in [0.3, 0.4) is 0 Å².